The summed E-state index contributed by atoms with van der Waals surface area (Å²) in [5.41, 5.74) is 0. The monoisotopic (exact) mass is 253 g/mol. The van der Waals surface area contributed by atoms with Gasteiger partial charge in [0.2, 0.25) is 0 Å². The van der Waals surface area contributed by atoms with E-state index in [1.807, 2.05) is 27.8 Å². The van der Waals surface area contributed by atoms with E-state index in [1.54, 1.807) is 4.68 Å². The molecule has 0 saturated carbocycles. The summed E-state index contributed by atoms with van der Waals surface area (Å²) in [4.78, 5) is 16.5. The molecule has 0 spiro atoms. The Labute approximate surface area is 109 Å². The molecular weight excluding hydrogens is 230 g/mol. The Hall–Kier alpha value is -1.39. The molecule has 102 valence electrons. The summed E-state index contributed by atoms with van der Waals surface area (Å²) < 4.78 is 6.82. The summed E-state index contributed by atoms with van der Waals surface area (Å²) in [7, 11) is 1.83. The van der Waals surface area contributed by atoms with Gasteiger partial charge in [-0.1, -0.05) is 20.8 Å². The van der Waals surface area contributed by atoms with E-state index in [9.17, 15) is 4.79 Å². The number of ether oxygens (including phenoxy) is 1. The number of aryl methyl sites for hydroxylation is 2. The normalized spacial score (nSPS) is 12.8. The third kappa shape index (κ3) is 3.31. The van der Waals surface area contributed by atoms with Gasteiger partial charge in [0.05, 0.1) is 6.61 Å². The first-order chi connectivity index (χ1) is 8.51. The van der Waals surface area contributed by atoms with Gasteiger partial charge in [0, 0.05) is 13.5 Å². The van der Waals surface area contributed by atoms with Crippen LogP contribution in [0.1, 0.15) is 51.7 Å². The maximum absolute atomic E-state index is 12.0. The molecule has 1 aromatic heterocycles. The number of carbonyl (C=O) groups is 1. The minimum Gasteiger partial charge on any atom is -0.465 e. The van der Waals surface area contributed by atoms with Crippen LogP contribution in [0.3, 0.4) is 0 Å². The van der Waals surface area contributed by atoms with Gasteiger partial charge < -0.3 is 4.74 Å². The number of hydrogen-bond acceptors (Lipinski definition) is 4. The number of rotatable bonds is 6. The summed E-state index contributed by atoms with van der Waals surface area (Å²) >= 11 is 0. The fourth-order valence-electron chi connectivity index (χ4n) is 1.96. The van der Waals surface area contributed by atoms with Crippen molar-refractivity contribution in [3.05, 3.63) is 11.6 Å². The Morgan fingerprint density at radius 3 is 2.56 bits per heavy atom. The smallest absolute Gasteiger partial charge is 0.316 e. The van der Waals surface area contributed by atoms with E-state index in [4.69, 9.17) is 4.74 Å². The third-order valence-corrected chi connectivity index (χ3v) is 2.80. The molecule has 0 aromatic carbocycles. The molecular formula is C13H23N3O2. The molecule has 0 aliphatic heterocycles. The SMILES string of the molecule is CCCc1nc(C(C(=O)OCC)C(C)C)n(C)n1. The van der Waals surface area contributed by atoms with Gasteiger partial charge in [-0.2, -0.15) is 5.10 Å². The highest BCUT2D eigenvalue weighted by molar-refractivity contribution is 5.77. The van der Waals surface area contributed by atoms with Crippen LogP contribution in [0.4, 0.5) is 0 Å². The number of nitrogens with zero attached hydrogens (tertiary/aromatic N) is 3. The van der Waals surface area contributed by atoms with Gasteiger partial charge in [-0.3, -0.25) is 9.48 Å². The minimum absolute atomic E-state index is 0.140. The first kappa shape index (κ1) is 14.7. The fraction of sp³-hybridized carbons (Fsp3) is 0.769. The Kier molecular flexibility index (Phi) is 5.31. The zero-order valence-electron chi connectivity index (χ0n) is 11.9. The average molecular weight is 253 g/mol. The van der Waals surface area contributed by atoms with Gasteiger partial charge in [-0.25, -0.2) is 4.98 Å². The summed E-state index contributed by atoms with van der Waals surface area (Å²) in [5.74, 6) is 1.08. The van der Waals surface area contributed by atoms with Gasteiger partial charge in [0.25, 0.3) is 0 Å². The molecule has 0 aliphatic carbocycles. The number of hydrogen-bond donors (Lipinski definition) is 0. The molecule has 0 amide bonds. The second-order valence-corrected chi connectivity index (χ2v) is 4.73. The van der Waals surface area contributed by atoms with E-state index >= 15 is 0 Å². The highest BCUT2D eigenvalue weighted by Gasteiger charge is 2.30. The highest BCUT2D eigenvalue weighted by Crippen LogP contribution is 2.24. The molecule has 0 N–H and O–H groups in total. The molecule has 0 fully saturated rings. The predicted molar refractivity (Wildman–Crippen MR) is 69.2 cm³/mol. The lowest BCUT2D eigenvalue weighted by Gasteiger charge is -2.17. The maximum atomic E-state index is 12.0. The lowest BCUT2D eigenvalue weighted by molar-refractivity contribution is -0.146. The van der Waals surface area contributed by atoms with Crippen molar-refractivity contribution in [1.82, 2.24) is 14.8 Å². The van der Waals surface area contributed by atoms with Crippen LogP contribution in [0.15, 0.2) is 0 Å². The van der Waals surface area contributed by atoms with Crippen molar-refractivity contribution < 1.29 is 9.53 Å². The van der Waals surface area contributed by atoms with Crippen LogP contribution in [-0.4, -0.2) is 27.3 Å². The second-order valence-electron chi connectivity index (χ2n) is 4.73. The lowest BCUT2D eigenvalue weighted by Crippen LogP contribution is -2.24. The van der Waals surface area contributed by atoms with Crippen molar-refractivity contribution in [2.45, 2.75) is 46.5 Å². The van der Waals surface area contributed by atoms with Gasteiger partial charge in [-0.15, -0.1) is 0 Å². The predicted octanol–water partition coefficient (Wildman–Crippen LogP) is 2.07. The molecule has 0 saturated heterocycles. The first-order valence-corrected chi connectivity index (χ1v) is 6.57. The standard InChI is InChI=1S/C13H23N3O2/c1-6-8-10-14-12(16(5)15-10)11(9(3)4)13(17)18-7-2/h9,11H,6-8H2,1-5H3. The third-order valence-electron chi connectivity index (χ3n) is 2.80. The summed E-state index contributed by atoms with van der Waals surface area (Å²) in [6.07, 6.45) is 1.83. The molecule has 0 aliphatic rings. The van der Waals surface area contributed by atoms with Crippen molar-refractivity contribution in [2.24, 2.45) is 13.0 Å². The number of aromatic nitrogens is 3. The second kappa shape index (κ2) is 6.52. The Balaban J connectivity index is 3.02. The molecule has 1 heterocycles. The molecule has 5 heteroatoms. The van der Waals surface area contributed by atoms with Crippen molar-refractivity contribution in [3.8, 4) is 0 Å². The topological polar surface area (TPSA) is 57.0 Å². The molecule has 1 unspecified atom stereocenters. The van der Waals surface area contributed by atoms with E-state index in [2.05, 4.69) is 17.0 Å². The summed E-state index contributed by atoms with van der Waals surface area (Å²) in [6.45, 7) is 8.28. The van der Waals surface area contributed by atoms with Crippen LogP contribution >= 0.6 is 0 Å². The van der Waals surface area contributed by atoms with Crippen LogP contribution in [-0.2, 0) is 23.0 Å². The molecule has 0 bridgehead atoms. The minimum atomic E-state index is -0.340. The van der Waals surface area contributed by atoms with Crippen LogP contribution in [0.2, 0.25) is 0 Å². The van der Waals surface area contributed by atoms with Crippen molar-refractivity contribution in [3.63, 3.8) is 0 Å². The first-order valence-electron chi connectivity index (χ1n) is 6.57. The van der Waals surface area contributed by atoms with Crippen LogP contribution in [0, 0.1) is 5.92 Å². The average Bonchev–Trinajstić information content (AvgIpc) is 2.60. The number of carbonyl (C=O) groups excluding carboxylic acids is 1. The van der Waals surface area contributed by atoms with Crippen LogP contribution in [0.25, 0.3) is 0 Å². The fourth-order valence-corrected chi connectivity index (χ4v) is 1.96. The molecule has 1 atom stereocenters. The van der Waals surface area contributed by atoms with Gasteiger partial charge in [-0.05, 0) is 19.3 Å². The largest absolute Gasteiger partial charge is 0.465 e. The Morgan fingerprint density at radius 1 is 1.39 bits per heavy atom. The zero-order chi connectivity index (χ0) is 13.7. The van der Waals surface area contributed by atoms with Gasteiger partial charge in [0.15, 0.2) is 5.82 Å². The van der Waals surface area contributed by atoms with Crippen molar-refractivity contribution in [2.75, 3.05) is 6.61 Å². The Bertz CT molecular complexity index is 399. The molecule has 1 rings (SSSR count). The Morgan fingerprint density at radius 2 is 2.06 bits per heavy atom. The van der Waals surface area contributed by atoms with Crippen LogP contribution in [0.5, 0.6) is 0 Å². The zero-order valence-corrected chi connectivity index (χ0v) is 11.9. The maximum Gasteiger partial charge on any atom is 0.316 e. The van der Waals surface area contributed by atoms with E-state index < -0.39 is 0 Å². The molecule has 0 radical (unpaired) electrons. The summed E-state index contributed by atoms with van der Waals surface area (Å²) in [6, 6.07) is 0. The van der Waals surface area contributed by atoms with Crippen molar-refractivity contribution in [1.29, 1.82) is 0 Å². The lowest BCUT2D eigenvalue weighted by atomic mass is 9.95. The van der Waals surface area contributed by atoms with E-state index in [-0.39, 0.29) is 17.8 Å². The van der Waals surface area contributed by atoms with Crippen LogP contribution < -0.4 is 0 Å². The van der Waals surface area contributed by atoms with E-state index in [0.29, 0.717) is 12.4 Å². The quantitative estimate of drug-likeness (QED) is 0.728. The summed E-state index contributed by atoms with van der Waals surface area (Å²) in [5, 5.41) is 4.34. The van der Waals surface area contributed by atoms with E-state index in [1.165, 1.54) is 0 Å². The van der Waals surface area contributed by atoms with E-state index in [0.717, 1.165) is 18.7 Å². The highest BCUT2D eigenvalue weighted by atomic mass is 16.5. The molecule has 5 nitrogen and oxygen atoms in total. The number of esters is 1. The van der Waals surface area contributed by atoms with Gasteiger partial charge in [0.1, 0.15) is 11.7 Å². The molecule has 18 heavy (non-hydrogen) atoms. The molecule has 1 aromatic rings. The van der Waals surface area contributed by atoms with Crippen molar-refractivity contribution >= 4 is 5.97 Å². The van der Waals surface area contributed by atoms with Gasteiger partial charge >= 0.3 is 5.97 Å².